The van der Waals surface area contributed by atoms with Crippen LogP contribution in [0.3, 0.4) is 0 Å². The number of rotatable bonds is 4. The van der Waals surface area contributed by atoms with Gasteiger partial charge in [-0.2, -0.15) is 0 Å². The number of nitrogens with one attached hydrogen (secondary N) is 1. The molecule has 1 unspecified atom stereocenters. The first-order valence-corrected chi connectivity index (χ1v) is 11.5. The van der Waals surface area contributed by atoms with Crippen molar-refractivity contribution in [2.45, 2.75) is 52.0 Å². The number of carbonyl (C=O) groups is 2. The van der Waals surface area contributed by atoms with Gasteiger partial charge in [0, 0.05) is 44.8 Å². The molecule has 0 bridgehead atoms. The Morgan fingerprint density at radius 3 is 2.43 bits per heavy atom. The first kappa shape index (κ1) is 21.1. The second-order valence-corrected chi connectivity index (χ2v) is 9.14. The van der Waals surface area contributed by atoms with Gasteiger partial charge in [0.25, 0.3) is 11.5 Å². The van der Waals surface area contributed by atoms with Gasteiger partial charge in [-0.25, -0.2) is 0 Å². The molecular formula is C23H34N4O3. The molecular weight excluding hydrogens is 380 g/mol. The molecule has 3 fully saturated rings. The number of pyridine rings is 1. The van der Waals surface area contributed by atoms with Crippen LogP contribution in [0.25, 0.3) is 0 Å². The molecule has 0 aliphatic carbocycles. The minimum atomic E-state index is -0.180. The van der Waals surface area contributed by atoms with Gasteiger partial charge in [-0.3, -0.25) is 14.4 Å². The van der Waals surface area contributed by atoms with E-state index >= 15 is 0 Å². The van der Waals surface area contributed by atoms with Crippen LogP contribution in [-0.4, -0.2) is 65.4 Å². The van der Waals surface area contributed by atoms with Crippen molar-refractivity contribution in [3.05, 3.63) is 33.7 Å². The number of nitrogens with zero attached hydrogens (tertiary/aromatic N) is 3. The smallest absolute Gasteiger partial charge is 0.263 e. The van der Waals surface area contributed by atoms with Crippen LogP contribution in [0.15, 0.2) is 17.1 Å². The molecule has 4 rings (SSSR count). The van der Waals surface area contributed by atoms with E-state index in [0.29, 0.717) is 44.0 Å². The van der Waals surface area contributed by atoms with Crippen LogP contribution in [0.5, 0.6) is 0 Å². The minimum absolute atomic E-state index is 0.0134. The van der Waals surface area contributed by atoms with Gasteiger partial charge in [0.05, 0.1) is 0 Å². The fourth-order valence-corrected chi connectivity index (χ4v) is 5.11. The quantitative estimate of drug-likeness (QED) is 0.813. The van der Waals surface area contributed by atoms with Crippen LogP contribution in [0.2, 0.25) is 0 Å². The Kier molecular flexibility index (Phi) is 6.56. The van der Waals surface area contributed by atoms with E-state index in [9.17, 15) is 14.4 Å². The summed E-state index contributed by atoms with van der Waals surface area (Å²) in [7, 11) is 0. The highest BCUT2D eigenvalue weighted by atomic mass is 16.2. The van der Waals surface area contributed by atoms with Crippen molar-refractivity contribution in [3.8, 4) is 0 Å². The summed E-state index contributed by atoms with van der Waals surface area (Å²) in [6.45, 7) is 7.28. The van der Waals surface area contributed by atoms with Crippen LogP contribution < -0.4 is 10.9 Å². The highest BCUT2D eigenvalue weighted by molar-refractivity contribution is 5.95. The third kappa shape index (κ3) is 4.46. The number of amides is 2. The second kappa shape index (κ2) is 9.33. The molecule has 1 aromatic heterocycles. The number of piperidine rings is 2. The zero-order chi connectivity index (χ0) is 21.1. The average molecular weight is 415 g/mol. The number of likely N-dealkylation sites (tertiary alicyclic amines) is 2. The summed E-state index contributed by atoms with van der Waals surface area (Å²) in [5.41, 5.74) is 0.852. The van der Waals surface area contributed by atoms with Crippen LogP contribution in [0, 0.1) is 18.8 Å². The number of hydrogen-bond donors (Lipinski definition) is 1. The van der Waals surface area contributed by atoms with Crippen LogP contribution in [-0.2, 0) is 11.3 Å². The van der Waals surface area contributed by atoms with Crippen molar-refractivity contribution >= 4 is 11.8 Å². The molecule has 1 N–H and O–H groups in total. The number of aryl methyl sites for hydroxylation is 1. The van der Waals surface area contributed by atoms with Crippen molar-refractivity contribution in [1.82, 2.24) is 19.7 Å². The molecule has 0 radical (unpaired) electrons. The Hall–Kier alpha value is -2.15. The Balaban J connectivity index is 1.42. The molecule has 4 heterocycles. The Morgan fingerprint density at radius 1 is 1.03 bits per heavy atom. The molecule has 0 saturated carbocycles. The van der Waals surface area contributed by atoms with Crippen molar-refractivity contribution in [2.24, 2.45) is 11.8 Å². The molecule has 164 valence electrons. The molecule has 0 spiro atoms. The number of hydrogen-bond acceptors (Lipinski definition) is 4. The van der Waals surface area contributed by atoms with Crippen molar-refractivity contribution in [3.63, 3.8) is 0 Å². The molecule has 3 aliphatic rings. The van der Waals surface area contributed by atoms with Crippen LogP contribution >= 0.6 is 0 Å². The van der Waals surface area contributed by atoms with Gasteiger partial charge >= 0.3 is 0 Å². The highest BCUT2D eigenvalue weighted by Gasteiger charge is 2.32. The van der Waals surface area contributed by atoms with Gasteiger partial charge in [0.1, 0.15) is 5.56 Å². The molecule has 7 nitrogen and oxygen atoms in total. The van der Waals surface area contributed by atoms with E-state index in [4.69, 9.17) is 0 Å². The minimum Gasteiger partial charge on any atom is -0.342 e. The first-order chi connectivity index (χ1) is 14.5. The van der Waals surface area contributed by atoms with Gasteiger partial charge in [-0.05, 0) is 76.1 Å². The van der Waals surface area contributed by atoms with E-state index in [1.165, 1.54) is 0 Å². The lowest BCUT2D eigenvalue weighted by Crippen LogP contribution is -2.45. The molecule has 3 saturated heterocycles. The third-order valence-electron chi connectivity index (χ3n) is 6.99. The predicted octanol–water partition coefficient (Wildman–Crippen LogP) is 1.63. The summed E-state index contributed by atoms with van der Waals surface area (Å²) in [5, 5.41) is 3.39. The van der Waals surface area contributed by atoms with E-state index in [-0.39, 0.29) is 23.3 Å². The maximum Gasteiger partial charge on any atom is 0.263 e. The van der Waals surface area contributed by atoms with Gasteiger partial charge in [0.2, 0.25) is 5.91 Å². The second-order valence-electron chi connectivity index (χ2n) is 9.14. The molecule has 3 aliphatic heterocycles. The van der Waals surface area contributed by atoms with Crippen LogP contribution in [0.4, 0.5) is 0 Å². The lowest BCUT2D eigenvalue weighted by atomic mass is 9.94. The van der Waals surface area contributed by atoms with E-state index in [2.05, 4.69) is 5.32 Å². The normalized spacial score (nSPS) is 23.0. The van der Waals surface area contributed by atoms with E-state index in [1.807, 2.05) is 24.1 Å². The highest BCUT2D eigenvalue weighted by Crippen LogP contribution is 2.23. The maximum absolute atomic E-state index is 13.2. The summed E-state index contributed by atoms with van der Waals surface area (Å²) in [6, 6.07) is 1.88. The third-order valence-corrected chi connectivity index (χ3v) is 6.99. The lowest BCUT2D eigenvalue weighted by Gasteiger charge is -2.33. The lowest BCUT2D eigenvalue weighted by molar-refractivity contribution is -0.135. The summed E-state index contributed by atoms with van der Waals surface area (Å²) in [5.74, 6) is 0.508. The molecule has 30 heavy (non-hydrogen) atoms. The average Bonchev–Trinajstić information content (AvgIpc) is 3.31. The monoisotopic (exact) mass is 414 g/mol. The first-order valence-electron chi connectivity index (χ1n) is 11.5. The Labute approximate surface area is 178 Å². The Bertz CT molecular complexity index is 829. The predicted molar refractivity (Wildman–Crippen MR) is 115 cm³/mol. The van der Waals surface area contributed by atoms with Crippen molar-refractivity contribution in [2.75, 3.05) is 39.3 Å². The molecule has 0 aromatic carbocycles. The standard InChI is InChI=1S/C23H34N4O3/c1-17-6-12-27(16-18-5-4-9-24-15-18)23(30)20(17)22(29)26-13-7-19(8-14-26)21(28)25-10-2-3-11-25/h6,12,18-19,24H,2-5,7-11,13-16H2,1H3. The van der Waals surface area contributed by atoms with Gasteiger partial charge in [-0.1, -0.05) is 0 Å². The molecule has 7 heteroatoms. The topological polar surface area (TPSA) is 74.6 Å². The van der Waals surface area contributed by atoms with Crippen molar-refractivity contribution < 1.29 is 9.59 Å². The summed E-state index contributed by atoms with van der Waals surface area (Å²) in [4.78, 5) is 42.7. The van der Waals surface area contributed by atoms with Gasteiger partial charge in [-0.15, -0.1) is 0 Å². The summed E-state index contributed by atoms with van der Waals surface area (Å²) >= 11 is 0. The molecule has 1 atom stereocenters. The zero-order valence-corrected chi connectivity index (χ0v) is 18.1. The fourth-order valence-electron chi connectivity index (χ4n) is 5.11. The van der Waals surface area contributed by atoms with E-state index in [0.717, 1.165) is 57.4 Å². The Morgan fingerprint density at radius 2 is 1.77 bits per heavy atom. The zero-order valence-electron chi connectivity index (χ0n) is 18.1. The fraction of sp³-hybridized carbons (Fsp3) is 0.696. The molecule has 2 amide bonds. The molecule has 1 aromatic rings. The van der Waals surface area contributed by atoms with E-state index < -0.39 is 0 Å². The van der Waals surface area contributed by atoms with E-state index in [1.54, 1.807) is 9.47 Å². The van der Waals surface area contributed by atoms with Crippen LogP contribution in [0.1, 0.15) is 54.4 Å². The summed E-state index contributed by atoms with van der Waals surface area (Å²) in [6.07, 6.45) is 7.63. The maximum atomic E-state index is 13.2. The summed E-state index contributed by atoms with van der Waals surface area (Å²) < 4.78 is 1.71. The van der Waals surface area contributed by atoms with Crippen molar-refractivity contribution in [1.29, 1.82) is 0 Å². The number of carbonyl (C=O) groups excluding carboxylic acids is 2. The largest absolute Gasteiger partial charge is 0.342 e. The van der Waals surface area contributed by atoms with Gasteiger partial charge < -0.3 is 19.7 Å². The number of aromatic nitrogens is 1. The van der Waals surface area contributed by atoms with Gasteiger partial charge in [0.15, 0.2) is 0 Å². The SMILES string of the molecule is Cc1ccn(CC2CCCNC2)c(=O)c1C(=O)N1CCC(C(=O)N2CCCC2)CC1.